The highest BCUT2D eigenvalue weighted by atomic mass is 16.2. The smallest absolute Gasteiger partial charge is 0.266 e. The van der Waals surface area contributed by atoms with Crippen LogP contribution in [0.1, 0.15) is 66.5 Å². The van der Waals surface area contributed by atoms with Gasteiger partial charge in [0.05, 0.1) is 6.42 Å². The summed E-state index contributed by atoms with van der Waals surface area (Å²) in [5.74, 6) is 0.972. The van der Waals surface area contributed by atoms with Crippen LogP contribution in [0.25, 0.3) is 0 Å². The van der Waals surface area contributed by atoms with Gasteiger partial charge in [0.15, 0.2) is 0 Å². The third-order valence-corrected chi connectivity index (χ3v) is 4.75. The molecule has 1 saturated carbocycles. The van der Waals surface area contributed by atoms with E-state index in [4.69, 9.17) is 0 Å². The number of nitrogens with zero attached hydrogens (tertiary/aromatic N) is 1. The average molecular weight is 335 g/mol. The molecule has 5 heteroatoms. The second-order valence-electron chi connectivity index (χ2n) is 9.26. The largest absolute Gasteiger partial charge is 0.351 e. The topological polar surface area (TPSA) is 66.9 Å². The number of amides is 1. The molecule has 5 nitrogen and oxygen atoms in total. The molecule has 0 aromatic carbocycles. The minimum Gasteiger partial charge on any atom is -0.351 e. The van der Waals surface area contributed by atoms with Crippen molar-refractivity contribution in [3.63, 3.8) is 0 Å². The van der Waals surface area contributed by atoms with Crippen LogP contribution in [0.15, 0.2) is 10.9 Å². The van der Waals surface area contributed by atoms with Crippen molar-refractivity contribution in [2.24, 2.45) is 17.3 Å². The predicted molar refractivity (Wildman–Crippen MR) is 96.9 cm³/mol. The van der Waals surface area contributed by atoms with Gasteiger partial charge in [-0.25, -0.2) is 0 Å². The third kappa shape index (κ3) is 4.99. The Hall–Kier alpha value is -1.52. The Kier molecular flexibility index (Phi) is 5.31. The molecule has 136 valence electrons. The van der Waals surface area contributed by atoms with E-state index < -0.39 is 0 Å². The van der Waals surface area contributed by atoms with E-state index >= 15 is 0 Å². The number of rotatable bonds is 5. The lowest BCUT2D eigenvalue weighted by atomic mass is 9.65. The molecule has 0 unspecified atom stereocenters. The zero-order valence-electron chi connectivity index (χ0n) is 16.0. The summed E-state index contributed by atoms with van der Waals surface area (Å²) < 4.78 is 1.58. The molecule has 1 aliphatic rings. The molecule has 1 aromatic rings. The van der Waals surface area contributed by atoms with Gasteiger partial charge in [-0.3, -0.25) is 19.4 Å². The summed E-state index contributed by atoms with van der Waals surface area (Å²) in [4.78, 5) is 24.4. The summed E-state index contributed by atoms with van der Waals surface area (Å²) in [6.07, 6.45) is 3.42. The van der Waals surface area contributed by atoms with Crippen molar-refractivity contribution in [3.8, 4) is 0 Å². The number of aromatic amines is 1. The molecule has 1 heterocycles. The molecular weight excluding hydrogens is 302 g/mol. The first kappa shape index (κ1) is 18.8. The van der Waals surface area contributed by atoms with E-state index in [9.17, 15) is 9.59 Å². The van der Waals surface area contributed by atoms with E-state index in [1.54, 1.807) is 4.68 Å². The third-order valence-electron chi connectivity index (χ3n) is 4.75. The van der Waals surface area contributed by atoms with Crippen LogP contribution < -0.4 is 10.9 Å². The summed E-state index contributed by atoms with van der Waals surface area (Å²) in [5.41, 5.74) is 0.697. The fraction of sp³-hybridized carbons (Fsp3) is 0.789. The Morgan fingerprint density at radius 2 is 2.04 bits per heavy atom. The molecule has 24 heavy (non-hydrogen) atoms. The van der Waals surface area contributed by atoms with Gasteiger partial charge in [-0.05, 0) is 43.4 Å². The van der Waals surface area contributed by atoms with Gasteiger partial charge in [0.2, 0.25) is 5.91 Å². The molecule has 0 saturated heterocycles. The quantitative estimate of drug-likeness (QED) is 0.868. The maximum Gasteiger partial charge on any atom is 0.266 e. The molecular formula is C19H33N3O2. The molecule has 1 aliphatic carbocycles. The lowest BCUT2D eigenvalue weighted by molar-refractivity contribution is -0.123. The van der Waals surface area contributed by atoms with Crippen molar-refractivity contribution in [2.45, 2.75) is 79.3 Å². The van der Waals surface area contributed by atoms with E-state index in [1.807, 2.05) is 0 Å². The normalized spacial score (nSPS) is 26.5. The monoisotopic (exact) mass is 335 g/mol. The molecule has 0 aliphatic heterocycles. The minimum atomic E-state index is -0.168. The second-order valence-corrected chi connectivity index (χ2v) is 9.26. The Morgan fingerprint density at radius 1 is 1.38 bits per heavy atom. The fourth-order valence-electron chi connectivity index (χ4n) is 4.71. The van der Waals surface area contributed by atoms with Gasteiger partial charge in [0, 0.05) is 23.8 Å². The van der Waals surface area contributed by atoms with E-state index in [-0.39, 0.29) is 28.8 Å². The average Bonchev–Trinajstić information content (AvgIpc) is 2.63. The summed E-state index contributed by atoms with van der Waals surface area (Å²) in [7, 11) is 0. The van der Waals surface area contributed by atoms with Crippen molar-refractivity contribution in [3.05, 3.63) is 22.1 Å². The molecule has 1 aromatic heterocycles. The highest BCUT2D eigenvalue weighted by Gasteiger charge is 2.40. The van der Waals surface area contributed by atoms with Gasteiger partial charge < -0.3 is 5.32 Å². The molecule has 0 bridgehead atoms. The van der Waals surface area contributed by atoms with Crippen LogP contribution in [0, 0.1) is 17.3 Å². The maximum absolute atomic E-state index is 12.5. The molecule has 2 N–H and O–H groups in total. The number of hydrogen-bond acceptors (Lipinski definition) is 2. The van der Waals surface area contributed by atoms with Crippen LogP contribution in [-0.4, -0.2) is 21.2 Å². The number of hydrogen-bond donors (Lipinski definition) is 2. The Balaban J connectivity index is 2.01. The van der Waals surface area contributed by atoms with E-state index in [1.165, 1.54) is 12.5 Å². The van der Waals surface area contributed by atoms with Gasteiger partial charge in [0.25, 0.3) is 5.56 Å². The highest BCUT2D eigenvalue weighted by molar-refractivity contribution is 5.78. The van der Waals surface area contributed by atoms with Gasteiger partial charge in [-0.2, -0.15) is 0 Å². The number of carbonyl (C=O) groups is 1. The van der Waals surface area contributed by atoms with Crippen LogP contribution >= 0.6 is 0 Å². The zero-order valence-corrected chi connectivity index (χ0v) is 16.0. The summed E-state index contributed by atoms with van der Waals surface area (Å²) in [6, 6.07) is 1.54. The molecule has 1 amide bonds. The standard InChI is InChI=1S/C19H33N3O2/c1-13(2)11-22-17(24)8-15(21-22)7-16(23)20-19(6)10-14(3)9-18(4,5)12-19/h8,13-14,21H,7,9-12H2,1-6H3,(H,20,23)/t14-,19-/m1/s1. The van der Waals surface area contributed by atoms with Crippen molar-refractivity contribution in [1.82, 2.24) is 15.1 Å². The Morgan fingerprint density at radius 3 is 2.62 bits per heavy atom. The lowest BCUT2D eigenvalue weighted by Gasteiger charge is -2.46. The van der Waals surface area contributed by atoms with Gasteiger partial charge in [0.1, 0.15) is 0 Å². The number of H-pyrrole nitrogens is 1. The molecule has 2 atom stereocenters. The van der Waals surface area contributed by atoms with Crippen molar-refractivity contribution in [2.75, 3.05) is 0 Å². The minimum absolute atomic E-state index is 0.0136. The van der Waals surface area contributed by atoms with Crippen LogP contribution in [-0.2, 0) is 17.8 Å². The van der Waals surface area contributed by atoms with Crippen molar-refractivity contribution >= 4 is 5.91 Å². The first-order valence-corrected chi connectivity index (χ1v) is 9.08. The summed E-state index contributed by atoms with van der Waals surface area (Å²) in [5, 5.41) is 6.29. The van der Waals surface area contributed by atoms with Crippen molar-refractivity contribution < 1.29 is 4.79 Å². The van der Waals surface area contributed by atoms with Gasteiger partial charge in [-0.15, -0.1) is 0 Å². The second kappa shape index (κ2) is 6.77. The molecule has 0 radical (unpaired) electrons. The lowest BCUT2D eigenvalue weighted by Crippen LogP contribution is -2.53. The Bertz CT molecular complexity index is 641. The van der Waals surface area contributed by atoms with E-state index in [0.29, 0.717) is 24.1 Å². The molecule has 1 fully saturated rings. The van der Waals surface area contributed by atoms with Crippen LogP contribution in [0.4, 0.5) is 0 Å². The van der Waals surface area contributed by atoms with Gasteiger partial charge >= 0.3 is 0 Å². The van der Waals surface area contributed by atoms with Crippen LogP contribution in [0.3, 0.4) is 0 Å². The summed E-state index contributed by atoms with van der Waals surface area (Å²) in [6.45, 7) is 13.7. The van der Waals surface area contributed by atoms with Crippen molar-refractivity contribution in [1.29, 1.82) is 0 Å². The van der Waals surface area contributed by atoms with E-state index in [2.05, 4.69) is 52.0 Å². The molecule has 2 rings (SSSR count). The Labute approximate surface area is 145 Å². The highest BCUT2D eigenvalue weighted by Crippen LogP contribution is 2.43. The number of nitrogens with one attached hydrogen (secondary N) is 2. The maximum atomic E-state index is 12.5. The zero-order chi connectivity index (χ0) is 18.1. The predicted octanol–water partition coefficient (Wildman–Crippen LogP) is 3.10. The SMILES string of the molecule is CC(C)Cn1[nH]c(CC(=O)N[C@]2(C)C[C@H](C)CC(C)(C)C2)cc1=O. The fourth-order valence-corrected chi connectivity index (χ4v) is 4.71. The van der Waals surface area contributed by atoms with Crippen LogP contribution in [0.5, 0.6) is 0 Å². The van der Waals surface area contributed by atoms with Crippen LogP contribution in [0.2, 0.25) is 0 Å². The van der Waals surface area contributed by atoms with Gasteiger partial charge in [-0.1, -0.05) is 34.6 Å². The summed E-state index contributed by atoms with van der Waals surface area (Å²) >= 11 is 0. The first-order chi connectivity index (χ1) is 11.0. The number of aromatic nitrogens is 2. The molecule has 0 spiro atoms. The number of carbonyl (C=O) groups excluding carboxylic acids is 1. The first-order valence-electron chi connectivity index (χ1n) is 9.08. The van der Waals surface area contributed by atoms with E-state index in [0.717, 1.165) is 12.8 Å².